The minimum Gasteiger partial charge on any atom is -0.504 e. The maximum Gasteiger partial charge on any atom is 0.260 e. The zero-order valence-corrected chi connectivity index (χ0v) is 26.5. The number of carbonyl (C=O) groups excluding carboxylic acids is 4. The number of rotatable bonds is 7. The van der Waals surface area contributed by atoms with Crippen molar-refractivity contribution in [2.45, 2.75) is 38.0 Å². The summed E-state index contributed by atoms with van der Waals surface area (Å²) in [7, 11) is 0. The van der Waals surface area contributed by atoms with Crippen LogP contribution in [-0.2, 0) is 24.6 Å². The SMILES string of the molecule is CCOc1cccc([C@H]2C3=CC[C@@H]4C(=O)N(CC)C(=O)[C@@H]4[C@@H]3C[C@H]3C(=O)N(Nc4ccc(F)cc4)C(=O)[C@@]23c2ccc(Cl)cc2)c1O. The lowest BCUT2D eigenvalue weighted by molar-refractivity contribution is -0.141. The largest absolute Gasteiger partial charge is 0.504 e. The number of carbonyl (C=O) groups is 4. The highest BCUT2D eigenvalue weighted by Crippen LogP contribution is 2.65. The number of likely N-dealkylation sites (tertiary alicyclic amines) is 1. The Bertz CT molecular complexity index is 1830. The van der Waals surface area contributed by atoms with Crippen molar-refractivity contribution in [1.29, 1.82) is 0 Å². The van der Waals surface area contributed by atoms with Crippen molar-refractivity contribution < 1.29 is 33.4 Å². The Morgan fingerprint density at radius 1 is 0.957 bits per heavy atom. The van der Waals surface area contributed by atoms with Gasteiger partial charge < -0.3 is 9.84 Å². The second-order valence-electron chi connectivity index (χ2n) is 12.4. The number of benzene rings is 3. The molecule has 11 heteroatoms. The second-order valence-corrected chi connectivity index (χ2v) is 12.9. The monoisotopic (exact) mass is 657 g/mol. The van der Waals surface area contributed by atoms with E-state index in [0.717, 1.165) is 5.01 Å². The molecular weight excluding hydrogens is 625 g/mol. The van der Waals surface area contributed by atoms with Crippen molar-refractivity contribution in [3.05, 3.63) is 100 Å². The summed E-state index contributed by atoms with van der Waals surface area (Å²) >= 11 is 6.32. The van der Waals surface area contributed by atoms with E-state index in [0.29, 0.717) is 27.4 Å². The molecule has 2 aliphatic carbocycles. The fourth-order valence-electron chi connectivity index (χ4n) is 8.42. The zero-order valence-electron chi connectivity index (χ0n) is 25.8. The number of allylic oxidation sites excluding steroid dienone is 2. The molecule has 2 saturated heterocycles. The van der Waals surface area contributed by atoms with E-state index in [1.807, 2.05) is 6.08 Å². The molecule has 3 fully saturated rings. The van der Waals surface area contributed by atoms with Crippen LogP contribution in [0.5, 0.6) is 11.5 Å². The molecule has 7 rings (SSSR count). The highest BCUT2D eigenvalue weighted by Gasteiger charge is 2.70. The Balaban J connectivity index is 1.48. The fourth-order valence-corrected chi connectivity index (χ4v) is 8.55. The lowest BCUT2D eigenvalue weighted by atomic mass is 9.49. The van der Waals surface area contributed by atoms with Crippen LogP contribution in [0.3, 0.4) is 0 Å². The van der Waals surface area contributed by atoms with E-state index in [4.69, 9.17) is 16.3 Å². The molecule has 2 N–H and O–H groups in total. The first-order valence-corrected chi connectivity index (χ1v) is 16.2. The number of hydrazine groups is 1. The third-order valence-electron chi connectivity index (χ3n) is 10.3. The number of para-hydroxylation sites is 1. The van der Waals surface area contributed by atoms with Crippen molar-refractivity contribution in [2.75, 3.05) is 18.6 Å². The number of hydrogen-bond acceptors (Lipinski definition) is 7. The van der Waals surface area contributed by atoms with Gasteiger partial charge in [-0.15, -0.1) is 0 Å². The Labute approximate surface area is 275 Å². The van der Waals surface area contributed by atoms with Gasteiger partial charge >= 0.3 is 0 Å². The smallest absolute Gasteiger partial charge is 0.260 e. The van der Waals surface area contributed by atoms with Crippen molar-refractivity contribution in [1.82, 2.24) is 9.91 Å². The predicted octanol–water partition coefficient (Wildman–Crippen LogP) is 5.59. The summed E-state index contributed by atoms with van der Waals surface area (Å²) in [6.45, 7) is 4.06. The molecule has 47 heavy (non-hydrogen) atoms. The number of anilines is 1. The first-order chi connectivity index (χ1) is 22.6. The van der Waals surface area contributed by atoms with Crippen molar-refractivity contribution in [3.8, 4) is 11.5 Å². The van der Waals surface area contributed by atoms with Gasteiger partial charge in [-0.2, -0.15) is 5.01 Å². The topological polar surface area (TPSA) is 116 Å². The molecule has 4 aliphatic rings. The van der Waals surface area contributed by atoms with Crippen LogP contribution in [0.2, 0.25) is 5.02 Å². The number of fused-ring (bicyclic) bond motifs is 4. The number of halogens is 2. The molecule has 6 atom stereocenters. The molecule has 0 spiro atoms. The summed E-state index contributed by atoms with van der Waals surface area (Å²) in [4.78, 5) is 58.2. The molecule has 3 aromatic rings. The van der Waals surface area contributed by atoms with Gasteiger partial charge in [0, 0.05) is 23.0 Å². The molecule has 9 nitrogen and oxygen atoms in total. The molecule has 2 heterocycles. The number of ether oxygens (including phenoxy) is 1. The second kappa shape index (κ2) is 11.5. The number of hydrogen-bond donors (Lipinski definition) is 2. The van der Waals surface area contributed by atoms with Gasteiger partial charge in [0.2, 0.25) is 11.8 Å². The van der Waals surface area contributed by atoms with E-state index in [1.54, 1.807) is 56.3 Å². The summed E-state index contributed by atoms with van der Waals surface area (Å²) in [5, 5.41) is 13.2. The fraction of sp³-hybridized carbons (Fsp3) is 0.333. The number of imide groups is 2. The van der Waals surface area contributed by atoms with Gasteiger partial charge in [0.25, 0.3) is 11.8 Å². The normalized spacial score (nSPS) is 28.2. The third-order valence-corrected chi connectivity index (χ3v) is 10.6. The Morgan fingerprint density at radius 2 is 1.68 bits per heavy atom. The summed E-state index contributed by atoms with van der Waals surface area (Å²) in [6, 6.07) is 17.1. The van der Waals surface area contributed by atoms with Gasteiger partial charge in [0.05, 0.1) is 35.5 Å². The van der Waals surface area contributed by atoms with Crippen LogP contribution in [0.4, 0.5) is 10.1 Å². The van der Waals surface area contributed by atoms with Crippen LogP contribution < -0.4 is 10.2 Å². The van der Waals surface area contributed by atoms with Crippen molar-refractivity contribution in [2.24, 2.45) is 23.7 Å². The van der Waals surface area contributed by atoms with Gasteiger partial charge in [0.15, 0.2) is 11.5 Å². The molecule has 0 bridgehead atoms. The summed E-state index contributed by atoms with van der Waals surface area (Å²) in [6.07, 6.45) is 2.32. The first kappa shape index (κ1) is 30.9. The predicted molar refractivity (Wildman–Crippen MR) is 171 cm³/mol. The third kappa shape index (κ3) is 4.48. The summed E-state index contributed by atoms with van der Waals surface area (Å²) in [5.74, 6) is -5.87. The maximum absolute atomic E-state index is 15.1. The van der Waals surface area contributed by atoms with Crippen LogP contribution >= 0.6 is 11.6 Å². The van der Waals surface area contributed by atoms with Crippen molar-refractivity contribution in [3.63, 3.8) is 0 Å². The van der Waals surface area contributed by atoms with Gasteiger partial charge in [-0.25, -0.2) is 4.39 Å². The molecule has 0 unspecified atom stereocenters. The van der Waals surface area contributed by atoms with Gasteiger partial charge in [-0.05, 0) is 80.6 Å². The molecule has 1 saturated carbocycles. The standard InChI is InChI=1S/C36H33ClFN3O6/c1-3-40-32(43)24-17-16-23-26(29(24)34(40)45)18-27-33(44)41(39-22-14-12-21(38)13-15-22)35(46)36(27,19-8-10-20(37)11-9-19)30(23)25-6-5-7-28(31(25)42)47-4-2/h5-16,24,26-27,29-30,39,42H,3-4,17-18H2,1-2H3/t24-,26+,27-,29-,30+,36+/m0/s1. The zero-order chi connectivity index (χ0) is 33.2. The Kier molecular flexibility index (Phi) is 7.58. The highest BCUT2D eigenvalue weighted by molar-refractivity contribution is 6.30. The summed E-state index contributed by atoms with van der Waals surface area (Å²) < 4.78 is 19.5. The van der Waals surface area contributed by atoms with E-state index < -0.39 is 52.6 Å². The average molecular weight is 658 g/mol. The first-order valence-electron chi connectivity index (χ1n) is 15.8. The summed E-state index contributed by atoms with van der Waals surface area (Å²) in [5.41, 5.74) is 3.22. The van der Waals surface area contributed by atoms with Gasteiger partial charge in [-0.3, -0.25) is 29.5 Å². The molecule has 242 valence electrons. The van der Waals surface area contributed by atoms with Gasteiger partial charge in [0.1, 0.15) is 5.82 Å². The molecule has 3 aromatic carbocycles. The number of aromatic hydroxyl groups is 1. The average Bonchev–Trinajstić information content (AvgIpc) is 3.44. The number of nitrogens with zero attached hydrogens (tertiary/aromatic N) is 2. The minimum absolute atomic E-state index is 0.112. The maximum atomic E-state index is 15.1. The van der Waals surface area contributed by atoms with Crippen LogP contribution in [0.1, 0.15) is 43.7 Å². The molecular formula is C36H33ClFN3O6. The number of phenolic OH excluding ortho intramolecular Hbond substituents is 1. The Hall–Kier alpha value is -4.70. The minimum atomic E-state index is -1.59. The Morgan fingerprint density at radius 3 is 2.36 bits per heavy atom. The van der Waals surface area contributed by atoms with E-state index in [2.05, 4.69) is 5.43 Å². The van der Waals surface area contributed by atoms with E-state index in [1.165, 1.54) is 29.2 Å². The number of nitrogens with one attached hydrogen (secondary N) is 1. The van der Waals surface area contributed by atoms with Crippen LogP contribution in [0.15, 0.2) is 78.4 Å². The van der Waals surface area contributed by atoms with E-state index in [-0.39, 0.29) is 49.3 Å². The lowest BCUT2D eigenvalue weighted by Gasteiger charge is -2.50. The molecule has 0 radical (unpaired) electrons. The molecule has 0 aromatic heterocycles. The molecule has 2 aliphatic heterocycles. The highest BCUT2D eigenvalue weighted by atomic mass is 35.5. The number of phenols is 1. The quantitative estimate of drug-likeness (QED) is 0.251. The van der Waals surface area contributed by atoms with Gasteiger partial charge in [-0.1, -0.05) is 47.5 Å². The van der Waals surface area contributed by atoms with Crippen molar-refractivity contribution >= 4 is 40.9 Å². The number of amides is 4. The van der Waals surface area contributed by atoms with Crippen LogP contribution in [0.25, 0.3) is 0 Å². The van der Waals surface area contributed by atoms with Crippen LogP contribution in [-0.4, -0.2) is 51.8 Å². The van der Waals surface area contributed by atoms with Crippen LogP contribution in [0, 0.1) is 29.5 Å². The lowest BCUT2D eigenvalue weighted by Crippen LogP contribution is -2.53. The van der Waals surface area contributed by atoms with E-state index in [9.17, 15) is 23.9 Å². The van der Waals surface area contributed by atoms with E-state index >= 15 is 4.79 Å². The molecule has 4 amide bonds.